The Hall–Kier alpha value is -1.79. The van der Waals surface area contributed by atoms with E-state index in [0.29, 0.717) is 6.20 Å². The summed E-state index contributed by atoms with van der Waals surface area (Å²) in [7, 11) is 3.94. The molecule has 0 spiro atoms. The van der Waals surface area contributed by atoms with Crippen LogP contribution in [0.5, 0.6) is 0 Å². The van der Waals surface area contributed by atoms with Gasteiger partial charge in [-0.3, -0.25) is 25.5 Å². The maximum atomic E-state index is 9.06. The molecule has 0 fully saturated rings. The van der Waals surface area contributed by atoms with Gasteiger partial charge >= 0.3 is 0 Å². The van der Waals surface area contributed by atoms with Crippen molar-refractivity contribution < 1.29 is 4.92 Å². The van der Waals surface area contributed by atoms with Gasteiger partial charge in [0.05, 0.1) is 4.92 Å². The van der Waals surface area contributed by atoms with Gasteiger partial charge in [-0.2, -0.15) is 0 Å². The number of pyridine rings is 1. The zero-order chi connectivity index (χ0) is 12.4. The third-order valence-corrected chi connectivity index (χ3v) is 1.47. The normalized spacial score (nSPS) is 9.19. The molecular weight excluding hydrogens is 208 g/mol. The molecule has 0 saturated heterocycles. The van der Waals surface area contributed by atoms with Crippen molar-refractivity contribution in [1.82, 2.24) is 15.4 Å². The Kier molecular flexibility index (Phi) is 7.56. The van der Waals surface area contributed by atoms with E-state index in [2.05, 4.69) is 17.0 Å². The second kappa shape index (κ2) is 8.51. The maximum absolute atomic E-state index is 9.06. The Morgan fingerprint density at radius 1 is 1.69 bits per heavy atom. The molecule has 1 aromatic heterocycles. The minimum Gasteiger partial charge on any atom is -0.264 e. The van der Waals surface area contributed by atoms with Crippen LogP contribution in [-0.2, 0) is 6.54 Å². The highest BCUT2D eigenvalue weighted by Gasteiger charge is 1.90. The molecule has 0 radical (unpaired) electrons. The van der Waals surface area contributed by atoms with Crippen molar-refractivity contribution in [3.8, 4) is 0 Å². The van der Waals surface area contributed by atoms with E-state index in [1.54, 1.807) is 6.20 Å². The van der Waals surface area contributed by atoms with E-state index >= 15 is 0 Å². The Morgan fingerprint density at radius 3 is 2.69 bits per heavy atom. The highest BCUT2D eigenvalue weighted by Crippen LogP contribution is 1.93. The van der Waals surface area contributed by atoms with Crippen molar-refractivity contribution in [3.05, 3.63) is 53.0 Å². The number of hydrogen-bond donors (Lipinski definition) is 1. The molecule has 16 heavy (non-hydrogen) atoms. The maximum Gasteiger partial charge on any atom is 0.227 e. The standard InChI is InChI=1S/C8H13N3.C2H3NO2/c1-11(2)10-7-8-4-3-5-9-6-8;1-2-3(4)5/h3-6,10H,7H2,1-2H3;2H,1H2. The fourth-order valence-electron chi connectivity index (χ4n) is 0.752. The number of nitrogens with one attached hydrogen (secondary N) is 1. The first kappa shape index (κ1) is 14.2. The summed E-state index contributed by atoms with van der Waals surface area (Å²) >= 11 is 0. The van der Waals surface area contributed by atoms with Crippen LogP contribution >= 0.6 is 0 Å². The van der Waals surface area contributed by atoms with Gasteiger partial charge in [0.15, 0.2) is 0 Å². The molecule has 0 amide bonds. The Labute approximate surface area is 94.7 Å². The average molecular weight is 224 g/mol. The molecule has 1 rings (SSSR count). The number of hydrogen-bond acceptors (Lipinski definition) is 5. The molecule has 0 unspecified atom stereocenters. The van der Waals surface area contributed by atoms with Gasteiger partial charge in [0.1, 0.15) is 0 Å². The summed E-state index contributed by atoms with van der Waals surface area (Å²) in [6.07, 6.45) is 4.27. The smallest absolute Gasteiger partial charge is 0.227 e. The summed E-state index contributed by atoms with van der Waals surface area (Å²) in [4.78, 5) is 12.4. The average Bonchev–Trinajstić information content (AvgIpc) is 2.28. The van der Waals surface area contributed by atoms with Crippen LogP contribution in [0.2, 0.25) is 0 Å². The van der Waals surface area contributed by atoms with Gasteiger partial charge in [-0.25, -0.2) is 0 Å². The van der Waals surface area contributed by atoms with Crippen molar-refractivity contribution in [2.75, 3.05) is 14.1 Å². The fraction of sp³-hybridized carbons (Fsp3) is 0.300. The van der Waals surface area contributed by atoms with Crippen LogP contribution in [0.4, 0.5) is 0 Å². The molecule has 0 saturated carbocycles. The van der Waals surface area contributed by atoms with Gasteiger partial charge in [0.2, 0.25) is 6.20 Å². The van der Waals surface area contributed by atoms with E-state index in [-0.39, 0.29) is 0 Å². The zero-order valence-electron chi connectivity index (χ0n) is 9.46. The van der Waals surface area contributed by atoms with Crippen molar-refractivity contribution in [3.63, 3.8) is 0 Å². The zero-order valence-corrected chi connectivity index (χ0v) is 9.46. The lowest BCUT2D eigenvalue weighted by Crippen LogP contribution is -2.29. The van der Waals surface area contributed by atoms with Crippen LogP contribution in [0.3, 0.4) is 0 Å². The molecule has 6 nitrogen and oxygen atoms in total. The summed E-state index contributed by atoms with van der Waals surface area (Å²) in [6.45, 7) is 3.70. The first-order valence-corrected chi connectivity index (χ1v) is 4.62. The van der Waals surface area contributed by atoms with Crippen LogP contribution in [0.1, 0.15) is 5.56 Å². The van der Waals surface area contributed by atoms with Crippen LogP contribution in [0.25, 0.3) is 0 Å². The molecule has 6 heteroatoms. The predicted molar refractivity (Wildman–Crippen MR) is 62.0 cm³/mol. The molecule has 0 atom stereocenters. The molecule has 0 bridgehead atoms. The molecular formula is C10H16N4O2. The Bertz CT molecular complexity index is 314. The number of rotatable bonds is 4. The molecule has 0 aliphatic heterocycles. The first-order valence-electron chi connectivity index (χ1n) is 4.62. The molecule has 88 valence electrons. The van der Waals surface area contributed by atoms with E-state index in [0.717, 1.165) is 6.54 Å². The number of nitrogens with zero attached hydrogens (tertiary/aromatic N) is 3. The molecule has 1 N–H and O–H groups in total. The topological polar surface area (TPSA) is 71.3 Å². The first-order chi connectivity index (χ1) is 7.56. The Balaban J connectivity index is 0.000000385. The summed E-state index contributed by atoms with van der Waals surface area (Å²) in [5, 5.41) is 11.0. The minimum atomic E-state index is -0.611. The number of nitro groups is 1. The summed E-state index contributed by atoms with van der Waals surface area (Å²) in [5.41, 5.74) is 4.35. The monoisotopic (exact) mass is 224 g/mol. The van der Waals surface area contributed by atoms with Crippen molar-refractivity contribution in [2.24, 2.45) is 0 Å². The molecule has 0 aliphatic carbocycles. The van der Waals surface area contributed by atoms with Gasteiger partial charge in [0, 0.05) is 33.0 Å². The quantitative estimate of drug-likeness (QED) is 0.611. The van der Waals surface area contributed by atoms with Crippen LogP contribution in [-0.4, -0.2) is 29.0 Å². The SMILES string of the molecule is C=C[N+](=O)[O-].CN(C)NCc1cccnc1. The van der Waals surface area contributed by atoms with E-state index in [1.165, 1.54) is 5.56 Å². The van der Waals surface area contributed by atoms with Crippen molar-refractivity contribution in [2.45, 2.75) is 6.54 Å². The summed E-state index contributed by atoms with van der Waals surface area (Å²) in [5.74, 6) is 0. The molecule has 1 heterocycles. The predicted octanol–water partition coefficient (Wildman–Crippen LogP) is 1.05. The lowest BCUT2D eigenvalue weighted by Gasteiger charge is -2.10. The second-order valence-corrected chi connectivity index (χ2v) is 3.06. The largest absolute Gasteiger partial charge is 0.264 e. The summed E-state index contributed by atoms with van der Waals surface area (Å²) < 4.78 is 0. The van der Waals surface area contributed by atoms with E-state index in [9.17, 15) is 0 Å². The fourth-order valence-corrected chi connectivity index (χ4v) is 0.752. The number of aromatic nitrogens is 1. The van der Waals surface area contributed by atoms with Gasteiger partial charge in [-0.05, 0) is 18.2 Å². The second-order valence-electron chi connectivity index (χ2n) is 3.06. The van der Waals surface area contributed by atoms with E-state index in [4.69, 9.17) is 10.1 Å². The molecule has 1 aromatic rings. The molecule has 0 aromatic carbocycles. The molecule has 0 aliphatic rings. The van der Waals surface area contributed by atoms with Crippen molar-refractivity contribution in [1.29, 1.82) is 0 Å². The van der Waals surface area contributed by atoms with Crippen LogP contribution in [0, 0.1) is 10.1 Å². The van der Waals surface area contributed by atoms with Gasteiger partial charge in [-0.1, -0.05) is 6.07 Å². The lowest BCUT2D eigenvalue weighted by atomic mass is 10.3. The highest BCUT2D eigenvalue weighted by molar-refractivity contribution is 5.07. The lowest BCUT2D eigenvalue weighted by molar-refractivity contribution is -0.401. The van der Waals surface area contributed by atoms with Gasteiger partial charge < -0.3 is 0 Å². The van der Waals surface area contributed by atoms with Crippen LogP contribution < -0.4 is 5.43 Å². The van der Waals surface area contributed by atoms with Gasteiger partial charge in [-0.15, -0.1) is 0 Å². The van der Waals surface area contributed by atoms with E-state index < -0.39 is 4.92 Å². The number of hydrazine groups is 1. The Morgan fingerprint density at radius 2 is 2.31 bits per heavy atom. The minimum absolute atomic E-state index is 0.611. The van der Waals surface area contributed by atoms with Crippen molar-refractivity contribution >= 4 is 0 Å². The van der Waals surface area contributed by atoms with Crippen LogP contribution in [0.15, 0.2) is 37.3 Å². The van der Waals surface area contributed by atoms with E-state index in [1.807, 2.05) is 37.4 Å². The van der Waals surface area contributed by atoms with Gasteiger partial charge in [0.25, 0.3) is 0 Å². The third kappa shape index (κ3) is 8.79. The third-order valence-electron chi connectivity index (χ3n) is 1.47. The highest BCUT2D eigenvalue weighted by atomic mass is 16.6. The summed E-state index contributed by atoms with van der Waals surface area (Å²) in [6, 6.07) is 3.98.